The van der Waals surface area contributed by atoms with Gasteiger partial charge in [0, 0.05) is 0 Å². The van der Waals surface area contributed by atoms with Gasteiger partial charge in [0.2, 0.25) is 0 Å². The SMILES string of the molecule is Cc1cc(Cl)[nH]c(=O)c1F. The zero-order valence-electron chi connectivity index (χ0n) is 5.24. The van der Waals surface area contributed by atoms with Gasteiger partial charge in [-0.25, -0.2) is 4.39 Å². The summed E-state index contributed by atoms with van der Waals surface area (Å²) >= 11 is 5.40. The maximum absolute atomic E-state index is 12.5. The minimum atomic E-state index is -0.774. The average Bonchev–Trinajstić information content (AvgIpc) is 1.82. The smallest absolute Gasteiger partial charge is 0.285 e. The third-order valence-corrected chi connectivity index (χ3v) is 1.33. The second-order valence-corrected chi connectivity index (χ2v) is 2.35. The van der Waals surface area contributed by atoms with E-state index in [2.05, 4.69) is 4.98 Å². The molecule has 1 aromatic heterocycles. The molecule has 0 fully saturated rings. The van der Waals surface area contributed by atoms with Gasteiger partial charge in [-0.3, -0.25) is 4.79 Å². The van der Waals surface area contributed by atoms with Crippen LogP contribution in [-0.4, -0.2) is 4.98 Å². The van der Waals surface area contributed by atoms with Crippen molar-refractivity contribution in [2.75, 3.05) is 0 Å². The molecule has 0 amide bonds. The van der Waals surface area contributed by atoms with Crippen molar-refractivity contribution in [2.24, 2.45) is 0 Å². The van der Waals surface area contributed by atoms with Crippen LogP contribution >= 0.6 is 11.6 Å². The van der Waals surface area contributed by atoms with E-state index in [1.807, 2.05) is 0 Å². The Hall–Kier alpha value is -0.830. The lowest BCUT2D eigenvalue weighted by Gasteiger charge is -1.93. The molecule has 0 aliphatic rings. The first-order valence-electron chi connectivity index (χ1n) is 2.66. The minimum Gasteiger partial charge on any atom is -0.310 e. The first-order valence-corrected chi connectivity index (χ1v) is 3.04. The standard InChI is InChI=1S/C6H5ClFNO/c1-3-2-4(7)9-6(10)5(3)8/h2H,1H3,(H,9,10). The fourth-order valence-electron chi connectivity index (χ4n) is 0.632. The van der Waals surface area contributed by atoms with Crippen LogP contribution in [0.15, 0.2) is 10.9 Å². The average molecular weight is 162 g/mol. The van der Waals surface area contributed by atoms with Crippen molar-refractivity contribution in [1.29, 1.82) is 0 Å². The quantitative estimate of drug-likeness (QED) is 0.575. The van der Waals surface area contributed by atoms with Crippen molar-refractivity contribution in [2.45, 2.75) is 6.92 Å². The van der Waals surface area contributed by atoms with E-state index in [0.717, 1.165) is 0 Å². The Bertz CT molecular complexity index is 307. The lowest BCUT2D eigenvalue weighted by Crippen LogP contribution is -2.11. The maximum atomic E-state index is 12.5. The molecule has 0 aliphatic carbocycles. The fourth-order valence-corrected chi connectivity index (χ4v) is 0.881. The molecule has 1 aromatic rings. The van der Waals surface area contributed by atoms with Gasteiger partial charge in [0.15, 0.2) is 5.82 Å². The second-order valence-electron chi connectivity index (χ2n) is 1.94. The summed E-state index contributed by atoms with van der Waals surface area (Å²) in [6.45, 7) is 1.48. The molecule has 0 atom stereocenters. The third-order valence-electron chi connectivity index (χ3n) is 1.12. The van der Waals surface area contributed by atoms with Crippen LogP contribution in [0.2, 0.25) is 5.15 Å². The number of aromatic nitrogens is 1. The number of rotatable bonds is 0. The molecule has 0 aromatic carbocycles. The summed E-state index contributed by atoms with van der Waals surface area (Å²) in [5, 5.41) is 0.156. The van der Waals surface area contributed by atoms with Crippen LogP contribution in [-0.2, 0) is 0 Å². The van der Waals surface area contributed by atoms with Crippen LogP contribution < -0.4 is 5.56 Å². The molecular weight excluding hydrogens is 157 g/mol. The normalized spacial score (nSPS) is 9.90. The highest BCUT2D eigenvalue weighted by Crippen LogP contribution is 2.05. The van der Waals surface area contributed by atoms with Gasteiger partial charge in [0.25, 0.3) is 5.56 Å². The Morgan fingerprint density at radius 2 is 2.30 bits per heavy atom. The topological polar surface area (TPSA) is 32.9 Å². The van der Waals surface area contributed by atoms with E-state index in [4.69, 9.17) is 11.6 Å². The second kappa shape index (κ2) is 2.42. The molecule has 0 saturated heterocycles. The minimum absolute atomic E-state index is 0.156. The summed E-state index contributed by atoms with van der Waals surface area (Å²) in [4.78, 5) is 12.7. The number of H-pyrrole nitrogens is 1. The molecule has 1 N–H and O–H groups in total. The predicted octanol–water partition coefficient (Wildman–Crippen LogP) is 1.48. The van der Waals surface area contributed by atoms with Crippen molar-refractivity contribution in [3.63, 3.8) is 0 Å². The Balaban J connectivity index is 3.46. The molecule has 0 unspecified atom stereocenters. The van der Waals surface area contributed by atoms with Gasteiger partial charge < -0.3 is 4.98 Å². The van der Waals surface area contributed by atoms with Crippen LogP contribution in [0.25, 0.3) is 0 Å². The Kier molecular flexibility index (Phi) is 1.76. The van der Waals surface area contributed by atoms with Crippen molar-refractivity contribution in [3.8, 4) is 0 Å². The fraction of sp³-hybridized carbons (Fsp3) is 0.167. The van der Waals surface area contributed by atoms with Crippen molar-refractivity contribution < 1.29 is 4.39 Å². The van der Waals surface area contributed by atoms with Gasteiger partial charge in [-0.1, -0.05) is 11.6 Å². The van der Waals surface area contributed by atoms with Gasteiger partial charge in [-0.2, -0.15) is 0 Å². The van der Waals surface area contributed by atoms with E-state index in [1.165, 1.54) is 13.0 Å². The van der Waals surface area contributed by atoms with E-state index < -0.39 is 11.4 Å². The number of hydrogen-bond acceptors (Lipinski definition) is 1. The van der Waals surface area contributed by atoms with Crippen LogP contribution in [0.4, 0.5) is 4.39 Å². The number of nitrogens with one attached hydrogen (secondary N) is 1. The molecule has 0 aliphatic heterocycles. The number of pyridine rings is 1. The monoisotopic (exact) mass is 161 g/mol. The Morgan fingerprint density at radius 3 is 2.80 bits per heavy atom. The molecule has 0 bridgehead atoms. The summed E-state index contributed by atoms with van der Waals surface area (Å²) in [6.07, 6.45) is 0. The molecular formula is C6H5ClFNO. The number of aromatic amines is 1. The van der Waals surface area contributed by atoms with Crippen LogP contribution in [0.1, 0.15) is 5.56 Å². The molecule has 1 rings (SSSR count). The van der Waals surface area contributed by atoms with Gasteiger partial charge >= 0.3 is 0 Å². The van der Waals surface area contributed by atoms with Gasteiger partial charge in [0.1, 0.15) is 5.15 Å². The van der Waals surface area contributed by atoms with E-state index in [0.29, 0.717) is 0 Å². The van der Waals surface area contributed by atoms with E-state index >= 15 is 0 Å². The number of halogens is 2. The highest BCUT2D eigenvalue weighted by atomic mass is 35.5. The summed E-state index contributed by atoms with van der Waals surface area (Å²) in [5.74, 6) is -0.774. The lowest BCUT2D eigenvalue weighted by molar-refractivity contribution is 0.599. The largest absolute Gasteiger partial charge is 0.310 e. The summed E-state index contributed by atoms with van der Waals surface area (Å²) in [6, 6.07) is 1.36. The number of aryl methyl sites for hydroxylation is 1. The van der Waals surface area contributed by atoms with E-state index in [-0.39, 0.29) is 10.7 Å². The first kappa shape index (κ1) is 7.28. The molecule has 10 heavy (non-hydrogen) atoms. The molecule has 2 nitrogen and oxygen atoms in total. The zero-order chi connectivity index (χ0) is 7.72. The van der Waals surface area contributed by atoms with Gasteiger partial charge in [-0.05, 0) is 18.6 Å². The van der Waals surface area contributed by atoms with Crippen LogP contribution in [0.5, 0.6) is 0 Å². The summed E-state index contributed by atoms with van der Waals surface area (Å²) < 4.78 is 12.5. The van der Waals surface area contributed by atoms with Gasteiger partial charge in [-0.15, -0.1) is 0 Å². The summed E-state index contributed by atoms with van der Waals surface area (Å²) in [7, 11) is 0. The van der Waals surface area contributed by atoms with Crippen molar-refractivity contribution >= 4 is 11.6 Å². The third kappa shape index (κ3) is 1.19. The Labute approximate surface area is 61.6 Å². The molecule has 54 valence electrons. The molecule has 1 heterocycles. The highest BCUT2D eigenvalue weighted by Gasteiger charge is 2.02. The van der Waals surface area contributed by atoms with E-state index in [9.17, 15) is 9.18 Å². The molecule has 4 heteroatoms. The molecule has 0 radical (unpaired) electrons. The van der Waals surface area contributed by atoms with Crippen molar-refractivity contribution in [1.82, 2.24) is 4.98 Å². The predicted molar refractivity (Wildman–Crippen MR) is 36.8 cm³/mol. The number of hydrogen-bond donors (Lipinski definition) is 1. The lowest BCUT2D eigenvalue weighted by atomic mass is 10.3. The highest BCUT2D eigenvalue weighted by molar-refractivity contribution is 6.29. The van der Waals surface area contributed by atoms with Gasteiger partial charge in [0.05, 0.1) is 0 Å². The maximum Gasteiger partial charge on any atom is 0.285 e. The Morgan fingerprint density at radius 1 is 1.70 bits per heavy atom. The van der Waals surface area contributed by atoms with Crippen LogP contribution in [0.3, 0.4) is 0 Å². The summed E-state index contributed by atoms with van der Waals surface area (Å²) in [5.41, 5.74) is -0.515. The molecule has 0 saturated carbocycles. The molecule has 0 spiro atoms. The van der Waals surface area contributed by atoms with E-state index in [1.54, 1.807) is 0 Å². The van der Waals surface area contributed by atoms with Crippen LogP contribution in [0, 0.1) is 12.7 Å². The first-order chi connectivity index (χ1) is 4.61. The zero-order valence-corrected chi connectivity index (χ0v) is 6.00. The van der Waals surface area contributed by atoms with Crippen molar-refractivity contribution in [3.05, 3.63) is 33.0 Å².